The number of methoxy groups -OCH3 is 1. The number of allylic oxidation sites excluding steroid dienone is 4. The van der Waals surface area contributed by atoms with Gasteiger partial charge in [-0.2, -0.15) is 0 Å². The molecule has 0 fully saturated rings. The van der Waals surface area contributed by atoms with E-state index in [-0.39, 0.29) is 34.9 Å². The molecule has 0 atom stereocenters. The predicted octanol–water partition coefficient (Wildman–Crippen LogP) is 7.29. The first-order valence-corrected chi connectivity index (χ1v) is 15.5. The Kier molecular flexibility index (Phi) is 8.26. The van der Waals surface area contributed by atoms with Gasteiger partial charge in [-0.15, -0.1) is 0 Å². The lowest BCUT2D eigenvalue weighted by molar-refractivity contribution is -0.120. The molecule has 3 aliphatic rings. The molecule has 2 aliphatic carbocycles. The van der Waals surface area contributed by atoms with Crippen LogP contribution in [0.2, 0.25) is 5.02 Å². The van der Waals surface area contributed by atoms with Gasteiger partial charge in [0.2, 0.25) is 0 Å². The van der Waals surface area contributed by atoms with Crippen LogP contribution in [0.15, 0.2) is 58.9 Å². The average molecular weight is 703 g/mol. The second kappa shape index (κ2) is 11.3. The molecule has 2 aromatic carbocycles. The summed E-state index contributed by atoms with van der Waals surface area (Å²) in [6.45, 7) is 8.24. The molecular formula is C33H36ClIN2O5. The van der Waals surface area contributed by atoms with Gasteiger partial charge in [0.1, 0.15) is 0 Å². The fraction of sp³-hybridized carbons (Fsp3) is 0.424. The highest BCUT2D eigenvalue weighted by atomic mass is 127. The number of carbonyl (C=O) groups is 3. The van der Waals surface area contributed by atoms with Crippen LogP contribution in [0.1, 0.15) is 64.9 Å². The summed E-state index contributed by atoms with van der Waals surface area (Å²) in [6.07, 6.45) is 2.35. The zero-order valence-corrected chi connectivity index (χ0v) is 27.7. The number of Topliss-reactive ketones (excluding diaryl/α,β-unsaturated/α-hetero) is 2. The maximum Gasteiger partial charge on any atom is 0.262 e. The molecule has 1 aliphatic heterocycles. The highest BCUT2D eigenvalue weighted by Gasteiger charge is 2.48. The summed E-state index contributed by atoms with van der Waals surface area (Å²) in [4.78, 5) is 42.4. The second-order valence-electron chi connectivity index (χ2n) is 12.9. The van der Waals surface area contributed by atoms with Crippen LogP contribution in [-0.2, 0) is 14.4 Å². The molecule has 0 bridgehead atoms. The Labute approximate surface area is 265 Å². The zero-order valence-electron chi connectivity index (χ0n) is 24.8. The minimum atomic E-state index is -0.488. The second-order valence-corrected chi connectivity index (χ2v) is 14.5. The van der Waals surface area contributed by atoms with Crippen LogP contribution in [-0.4, -0.2) is 43.1 Å². The molecule has 0 saturated carbocycles. The Bertz CT molecular complexity index is 1500. The lowest BCUT2D eigenvalue weighted by Gasteiger charge is -2.48. The summed E-state index contributed by atoms with van der Waals surface area (Å²) in [5, 5.41) is 3.19. The molecule has 0 radical (unpaired) electrons. The highest BCUT2D eigenvalue weighted by molar-refractivity contribution is 14.1. The van der Waals surface area contributed by atoms with Gasteiger partial charge in [0.15, 0.2) is 29.7 Å². The SMILES string of the molecule is COc1cc(C2C3=C(CC(C)(C)CC3=O)N(C)C3=C2C(=O)CC(C)(C)C3)cc(I)c1OCC(=O)Nc1ccccc1Cl. The highest BCUT2D eigenvalue weighted by Crippen LogP contribution is 2.54. The molecule has 222 valence electrons. The number of hydrogen-bond donors (Lipinski definition) is 1. The summed E-state index contributed by atoms with van der Waals surface area (Å²) in [6, 6.07) is 10.8. The number of carbonyl (C=O) groups excluding carboxylic acids is 3. The third kappa shape index (κ3) is 5.84. The molecule has 0 spiro atoms. The first-order chi connectivity index (χ1) is 19.7. The summed E-state index contributed by atoms with van der Waals surface area (Å²) >= 11 is 8.33. The molecule has 0 aromatic heterocycles. The fourth-order valence-electron chi connectivity index (χ4n) is 6.43. The van der Waals surface area contributed by atoms with Gasteiger partial charge in [0, 0.05) is 48.3 Å². The number of hydrogen-bond acceptors (Lipinski definition) is 6. The van der Waals surface area contributed by atoms with Gasteiger partial charge in [0.25, 0.3) is 5.91 Å². The van der Waals surface area contributed by atoms with E-state index in [1.165, 1.54) is 0 Å². The summed E-state index contributed by atoms with van der Waals surface area (Å²) in [7, 11) is 3.54. The standard InChI is InChI=1S/C33H36ClIN2O5/c1-32(2)13-22-29(24(38)15-32)28(30-23(37(22)5)14-33(3,4)16-25(30)39)18-11-20(35)31(26(12-18)41-6)42-17-27(40)36-21-10-8-7-9-19(21)34/h7-12,28H,13-17H2,1-6H3,(H,36,40). The Morgan fingerprint density at radius 2 is 1.57 bits per heavy atom. The van der Waals surface area contributed by atoms with E-state index < -0.39 is 5.92 Å². The van der Waals surface area contributed by atoms with E-state index in [1.54, 1.807) is 31.4 Å². The van der Waals surface area contributed by atoms with Crippen molar-refractivity contribution in [2.24, 2.45) is 10.8 Å². The van der Waals surface area contributed by atoms with Crippen molar-refractivity contribution in [2.45, 2.75) is 59.3 Å². The van der Waals surface area contributed by atoms with Crippen molar-refractivity contribution in [1.82, 2.24) is 4.90 Å². The van der Waals surface area contributed by atoms with E-state index in [1.807, 2.05) is 19.2 Å². The topological polar surface area (TPSA) is 84.9 Å². The number of rotatable bonds is 6. The number of ether oxygens (including phenoxy) is 2. The number of halogens is 2. The van der Waals surface area contributed by atoms with Gasteiger partial charge in [-0.25, -0.2) is 0 Å². The van der Waals surface area contributed by atoms with Gasteiger partial charge < -0.3 is 19.7 Å². The van der Waals surface area contributed by atoms with Crippen molar-refractivity contribution in [3.8, 4) is 11.5 Å². The number of benzene rings is 2. The van der Waals surface area contributed by atoms with E-state index >= 15 is 0 Å². The predicted molar refractivity (Wildman–Crippen MR) is 172 cm³/mol. The molecule has 0 unspecified atom stereocenters. The van der Waals surface area contributed by atoms with Gasteiger partial charge in [-0.1, -0.05) is 51.4 Å². The van der Waals surface area contributed by atoms with Crippen molar-refractivity contribution in [2.75, 3.05) is 26.1 Å². The summed E-state index contributed by atoms with van der Waals surface area (Å²) < 4.78 is 12.4. The monoisotopic (exact) mass is 702 g/mol. The maximum absolute atomic E-state index is 13.8. The van der Waals surface area contributed by atoms with Crippen LogP contribution in [0.5, 0.6) is 11.5 Å². The fourth-order valence-corrected chi connectivity index (χ4v) is 7.40. The first kappa shape index (κ1) is 30.6. The van der Waals surface area contributed by atoms with Gasteiger partial charge in [-0.3, -0.25) is 14.4 Å². The first-order valence-electron chi connectivity index (χ1n) is 14.0. The van der Waals surface area contributed by atoms with Crippen LogP contribution < -0.4 is 14.8 Å². The Morgan fingerprint density at radius 3 is 2.12 bits per heavy atom. The van der Waals surface area contributed by atoms with E-state index in [2.05, 4.69) is 60.5 Å². The summed E-state index contributed by atoms with van der Waals surface area (Å²) in [5.74, 6) is 0.146. The maximum atomic E-state index is 13.8. The van der Waals surface area contributed by atoms with Gasteiger partial charge in [-0.05, 0) is 76.1 Å². The van der Waals surface area contributed by atoms with Crippen molar-refractivity contribution in [1.29, 1.82) is 0 Å². The minimum absolute atomic E-state index is 0.0767. The lowest BCUT2D eigenvalue weighted by Crippen LogP contribution is -2.43. The third-order valence-corrected chi connectivity index (χ3v) is 9.39. The molecule has 7 nitrogen and oxygen atoms in total. The van der Waals surface area contributed by atoms with E-state index in [9.17, 15) is 14.4 Å². The van der Waals surface area contributed by atoms with Crippen LogP contribution in [0, 0.1) is 14.4 Å². The average Bonchev–Trinajstić information content (AvgIpc) is 2.89. The van der Waals surface area contributed by atoms with Crippen molar-refractivity contribution < 1.29 is 23.9 Å². The number of nitrogens with one attached hydrogen (secondary N) is 1. The normalized spacial score (nSPS) is 19.9. The number of para-hydroxylation sites is 1. The molecule has 1 heterocycles. The smallest absolute Gasteiger partial charge is 0.262 e. The number of nitrogens with zero attached hydrogens (tertiary/aromatic N) is 1. The van der Waals surface area contributed by atoms with E-state index in [4.69, 9.17) is 21.1 Å². The molecule has 5 rings (SSSR count). The van der Waals surface area contributed by atoms with Gasteiger partial charge >= 0.3 is 0 Å². The molecular weight excluding hydrogens is 667 g/mol. The molecule has 1 N–H and O–H groups in total. The largest absolute Gasteiger partial charge is 0.493 e. The molecule has 9 heteroatoms. The zero-order chi connectivity index (χ0) is 30.6. The van der Waals surface area contributed by atoms with Crippen LogP contribution in [0.4, 0.5) is 5.69 Å². The molecule has 0 saturated heterocycles. The number of amides is 1. The molecule has 1 amide bonds. The molecule has 42 heavy (non-hydrogen) atoms. The minimum Gasteiger partial charge on any atom is -0.493 e. The molecule has 2 aromatic rings. The van der Waals surface area contributed by atoms with Crippen molar-refractivity contribution >= 4 is 57.4 Å². The van der Waals surface area contributed by atoms with Crippen LogP contribution >= 0.6 is 34.2 Å². The number of anilines is 1. The Balaban J connectivity index is 1.54. The lowest BCUT2D eigenvalue weighted by atomic mass is 9.64. The third-order valence-electron chi connectivity index (χ3n) is 8.26. The Morgan fingerprint density at radius 1 is 1.00 bits per heavy atom. The van der Waals surface area contributed by atoms with Crippen molar-refractivity contribution in [3.63, 3.8) is 0 Å². The quantitative estimate of drug-likeness (QED) is 0.319. The summed E-state index contributed by atoms with van der Waals surface area (Å²) in [5.41, 5.74) is 4.36. The van der Waals surface area contributed by atoms with E-state index in [0.29, 0.717) is 49.8 Å². The van der Waals surface area contributed by atoms with E-state index in [0.717, 1.165) is 29.8 Å². The van der Waals surface area contributed by atoms with Crippen LogP contribution in [0.3, 0.4) is 0 Å². The van der Waals surface area contributed by atoms with Gasteiger partial charge in [0.05, 0.1) is 21.4 Å². The Hall–Kier alpha value is -2.85. The van der Waals surface area contributed by atoms with Crippen molar-refractivity contribution in [3.05, 3.63) is 73.1 Å². The van der Waals surface area contributed by atoms with Crippen LogP contribution in [0.25, 0.3) is 0 Å². The number of ketones is 2.